The molecule has 2 N–H and O–H groups in total. The van der Waals surface area contributed by atoms with Gasteiger partial charge in [-0.3, -0.25) is 20.2 Å². The minimum absolute atomic E-state index is 0.0387. The maximum atomic E-state index is 11.9. The summed E-state index contributed by atoms with van der Waals surface area (Å²) in [5.74, 6) is -0.952. The predicted molar refractivity (Wildman–Crippen MR) is 84.5 cm³/mol. The molecule has 2 aromatic rings. The minimum Gasteiger partial charge on any atom is -0.347 e. The number of hydrogen-bond donors (Lipinski definition) is 2. The number of aromatic nitrogens is 1. The first-order valence-electron chi connectivity index (χ1n) is 6.41. The van der Waals surface area contributed by atoms with Crippen molar-refractivity contribution in [3.8, 4) is 0 Å². The van der Waals surface area contributed by atoms with Gasteiger partial charge in [-0.1, -0.05) is 18.2 Å². The summed E-state index contributed by atoms with van der Waals surface area (Å²) in [6.07, 6.45) is 1.62. The summed E-state index contributed by atoms with van der Waals surface area (Å²) >= 11 is 4.79. The van der Waals surface area contributed by atoms with Crippen LogP contribution in [0.4, 0.5) is 0 Å². The second kappa shape index (κ2) is 4.82. The molecule has 106 valence electrons. The normalized spacial score (nSPS) is 15.1. The van der Waals surface area contributed by atoms with E-state index in [9.17, 15) is 9.59 Å². The van der Waals surface area contributed by atoms with Crippen molar-refractivity contribution in [3.63, 3.8) is 0 Å². The van der Waals surface area contributed by atoms with Gasteiger partial charge >= 0.3 is 0 Å². The molecule has 0 aliphatic carbocycles. The van der Waals surface area contributed by atoms with Crippen LogP contribution in [-0.4, -0.2) is 21.5 Å². The van der Waals surface area contributed by atoms with Crippen molar-refractivity contribution in [3.05, 3.63) is 41.1 Å². The molecule has 1 saturated heterocycles. The quantitative estimate of drug-likeness (QED) is 0.475. The number of rotatable bonds is 1. The molecule has 1 aromatic carbocycles. The lowest BCUT2D eigenvalue weighted by Gasteiger charge is -2.16. The van der Waals surface area contributed by atoms with Gasteiger partial charge in [0.1, 0.15) is 5.57 Å². The van der Waals surface area contributed by atoms with Crippen molar-refractivity contribution in [2.24, 2.45) is 7.05 Å². The Morgan fingerprint density at radius 3 is 2.43 bits per heavy atom. The van der Waals surface area contributed by atoms with E-state index in [1.807, 2.05) is 42.8 Å². The fraction of sp³-hybridized carbons (Fsp3) is 0.133. The number of thiocarbonyl (C=S) groups is 1. The Morgan fingerprint density at radius 1 is 1.14 bits per heavy atom. The number of fused-ring (bicyclic) bond motifs is 1. The van der Waals surface area contributed by atoms with Gasteiger partial charge in [0.05, 0.1) is 0 Å². The Morgan fingerprint density at radius 2 is 1.76 bits per heavy atom. The number of hydrogen-bond acceptors (Lipinski definition) is 3. The smallest absolute Gasteiger partial charge is 0.263 e. The van der Waals surface area contributed by atoms with Crippen LogP contribution >= 0.6 is 12.2 Å². The third kappa shape index (κ3) is 2.13. The van der Waals surface area contributed by atoms with E-state index < -0.39 is 11.8 Å². The molecule has 6 heteroatoms. The van der Waals surface area contributed by atoms with Crippen molar-refractivity contribution in [2.45, 2.75) is 6.92 Å². The molecular weight excluding hydrogens is 286 g/mol. The van der Waals surface area contributed by atoms with Gasteiger partial charge in [-0.25, -0.2) is 0 Å². The van der Waals surface area contributed by atoms with E-state index in [-0.39, 0.29) is 10.7 Å². The third-order valence-electron chi connectivity index (χ3n) is 3.68. The summed E-state index contributed by atoms with van der Waals surface area (Å²) in [6.45, 7) is 1.95. The second-order valence-corrected chi connectivity index (χ2v) is 5.28. The van der Waals surface area contributed by atoms with E-state index in [2.05, 4.69) is 10.6 Å². The number of amides is 2. The predicted octanol–water partition coefficient (Wildman–Crippen LogP) is 1.40. The van der Waals surface area contributed by atoms with Crippen molar-refractivity contribution in [1.82, 2.24) is 15.2 Å². The highest BCUT2D eigenvalue weighted by atomic mass is 32.1. The van der Waals surface area contributed by atoms with Gasteiger partial charge in [-0.2, -0.15) is 0 Å². The Balaban J connectivity index is 2.20. The molecule has 1 aliphatic heterocycles. The zero-order valence-electron chi connectivity index (χ0n) is 11.6. The van der Waals surface area contributed by atoms with E-state index in [0.717, 1.165) is 22.2 Å². The van der Waals surface area contributed by atoms with Gasteiger partial charge in [0.15, 0.2) is 5.11 Å². The van der Waals surface area contributed by atoms with Crippen LogP contribution in [0.15, 0.2) is 29.8 Å². The van der Waals surface area contributed by atoms with E-state index in [4.69, 9.17) is 12.2 Å². The summed E-state index contributed by atoms with van der Waals surface area (Å²) in [5.41, 5.74) is 2.95. The average Bonchev–Trinajstić information content (AvgIpc) is 2.67. The van der Waals surface area contributed by atoms with Crippen LogP contribution in [0.1, 0.15) is 11.3 Å². The molecule has 0 saturated carbocycles. The summed E-state index contributed by atoms with van der Waals surface area (Å²) in [5, 5.41) is 5.92. The highest BCUT2D eigenvalue weighted by Crippen LogP contribution is 2.27. The van der Waals surface area contributed by atoms with Crippen LogP contribution < -0.4 is 10.6 Å². The zero-order chi connectivity index (χ0) is 15.1. The fourth-order valence-corrected chi connectivity index (χ4v) is 2.67. The number of carbonyl (C=O) groups is 2. The molecular formula is C15H13N3O2S. The second-order valence-electron chi connectivity index (χ2n) is 4.87. The fourth-order valence-electron chi connectivity index (χ4n) is 2.48. The van der Waals surface area contributed by atoms with Gasteiger partial charge in [0.25, 0.3) is 11.8 Å². The lowest BCUT2D eigenvalue weighted by molar-refractivity contribution is -0.123. The largest absolute Gasteiger partial charge is 0.347 e. The third-order valence-corrected chi connectivity index (χ3v) is 3.88. The van der Waals surface area contributed by atoms with Crippen molar-refractivity contribution in [2.75, 3.05) is 0 Å². The van der Waals surface area contributed by atoms with Crippen LogP contribution in [0.3, 0.4) is 0 Å². The Labute approximate surface area is 126 Å². The van der Waals surface area contributed by atoms with E-state index >= 15 is 0 Å². The number of benzene rings is 1. The lowest BCUT2D eigenvalue weighted by atomic mass is 10.1. The van der Waals surface area contributed by atoms with Crippen molar-refractivity contribution < 1.29 is 9.59 Å². The Bertz CT molecular complexity index is 811. The highest BCUT2D eigenvalue weighted by Gasteiger charge is 2.26. The standard InChI is InChI=1S/C15H13N3O2S/c1-8-10(9-5-3-4-6-12(9)18(8)2)7-11-13(19)16-15(21)17-14(11)20/h3-7H,1-2H3,(H2,16,17,19,20,21). The molecule has 1 aliphatic rings. The molecule has 2 heterocycles. The topological polar surface area (TPSA) is 63.1 Å². The molecule has 0 radical (unpaired) electrons. The zero-order valence-corrected chi connectivity index (χ0v) is 12.4. The summed E-state index contributed by atoms with van der Waals surface area (Å²) in [6, 6.07) is 7.86. The minimum atomic E-state index is -0.476. The molecule has 3 rings (SSSR count). The number of carbonyl (C=O) groups excluding carboxylic acids is 2. The number of nitrogens with one attached hydrogen (secondary N) is 2. The molecule has 5 nitrogen and oxygen atoms in total. The molecule has 0 bridgehead atoms. The molecule has 0 atom stereocenters. The van der Waals surface area contributed by atoms with E-state index in [0.29, 0.717) is 0 Å². The van der Waals surface area contributed by atoms with Crippen LogP contribution in [0.25, 0.3) is 17.0 Å². The molecule has 1 fully saturated rings. The van der Waals surface area contributed by atoms with Gasteiger partial charge in [0, 0.05) is 29.2 Å². The summed E-state index contributed by atoms with van der Waals surface area (Å²) in [4.78, 5) is 23.9. The van der Waals surface area contributed by atoms with E-state index in [1.165, 1.54) is 0 Å². The molecule has 0 unspecified atom stereocenters. The first-order chi connectivity index (χ1) is 9.99. The number of nitrogens with zero attached hydrogens (tertiary/aromatic N) is 1. The van der Waals surface area contributed by atoms with Gasteiger partial charge in [0.2, 0.25) is 0 Å². The van der Waals surface area contributed by atoms with Crippen LogP contribution in [-0.2, 0) is 16.6 Å². The monoisotopic (exact) mass is 299 g/mol. The first kappa shape index (κ1) is 13.5. The van der Waals surface area contributed by atoms with Gasteiger partial charge < -0.3 is 4.57 Å². The number of para-hydroxylation sites is 1. The summed E-state index contributed by atoms with van der Waals surface area (Å²) < 4.78 is 2.03. The van der Waals surface area contributed by atoms with E-state index in [1.54, 1.807) is 6.08 Å². The Hall–Kier alpha value is -2.47. The van der Waals surface area contributed by atoms with Crippen LogP contribution in [0.2, 0.25) is 0 Å². The average molecular weight is 299 g/mol. The maximum absolute atomic E-state index is 11.9. The molecule has 1 aromatic heterocycles. The Kier molecular flexibility index (Phi) is 3.10. The SMILES string of the molecule is Cc1c(C=C2C(=O)NC(=S)NC2=O)c2ccccc2n1C. The molecule has 21 heavy (non-hydrogen) atoms. The van der Waals surface area contributed by atoms with Crippen molar-refractivity contribution in [1.29, 1.82) is 0 Å². The summed E-state index contributed by atoms with van der Waals surface area (Å²) in [7, 11) is 1.95. The van der Waals surface area contributed by atoms with Crippen molar-refractivity contribution >= 4 is 46.1 Å². The highest BCUT2D eigenvalue weighted by molar-refractivity contribution is 7.80. The van der Waals surface area contributed by atoms with Crippen LogP contribution in [0.5, 0.6) is 0 Å². The lowest BCUT2D eigenvalue weighted by Crippen LogP contribution is -2.51. The number of aryl methyl sites for hydroxylation is 1. The molecule has 2 amide bonds. The van der Waals surface area contributed by atoms with Gasteiger partial charge in [-0.15, -0.1) is 0 Å². The van der Waals surface area contributed by atoms with Crippen LogP contribution in [0, 0.1) is 6.92 Å². The first-order valence-corrected chi connectivity index (χ1v) is 6.82. The van der Waals surface area contributed by atoms with Gasteiger partial charge in [-0.05, 0) is 31.3 Å². The molecule has 0 spiro atoms. The maximum Gasteiger partial charge on any atom is 0.263 e.